The Balaban J connectivity index is 2.27. The average Bonchev–Trinajstić information content (AvgIpc) is 2.72. The van der Waals surface area contributed by atoms with E-state index in [1.54, 1.807) is 0 Å². The first-order valence-corrected chi connectivity index (χ1v) is 6.91. The van der Waals surface area contributed by atoms with Crippen LogP contribution in [0.25, 0.3) is 0 Å². The highest BCUT2D eigenvalue weighted by Gasteiger charge is 2.38. The average molecular weight is 231 g/mol. The van der Waals surface area contributed by atoms with Crippen LogP contribution in [-0.2, 0) is 5.41 Å². The molecule has 1 fully saturated rings. The van der Waals surface area contributed by atoms with Crippen LogP contribution in [0.5, 0.6) is 0 Å². The molecule has 1 aromatic carbocycles. The van der Waals surface area contributed by atoms with Crippen LogP contribution in [0, 0.1) is 0 Å². The molecule has 0 aliphatic carbocycles. The van der Waals surface area contributed by atoms with Crippen molar-refractivity contribution >= 4 is 0 Å². The number of nitrogens with one attached hydrogen (secondary N) is 1. The van der Waals surface area contributed by atoms with E-state index in [0.717, 1.165) is 6.54 Å². The minimum atomic E-state index is 0.324. The Labute approximate surface area is 106 Å². The quantitative estimate of drug-likeness (QED) is 0.833. The summed E-state index contributed by atoms with van der Waals surface area (Å²) in [6, 6.07) is 9.91. The van der Waals surface area contributed by atoms with Gasteiger partial charge in [-0.1, -0.05) is 52.0 Å². The molecule has 0 spiro atoms. The number of benzene rings is 1. The summed E-state index contributed by atoms with van der Waals surface area (Å²) < 4.78 is 0. The van der Waals surface area contributed by atoms with Crippen molar-refractivity contribution in [1.29, 1.82) is 0 Å². The minimum Gasteiger partial charge on any atom is -0.313 e. The molecule has 1 heteroatoms. The van der Waals surface area contributed by atoms with Crippen molar-refractivity contribution in [2.75, 3.05) is 6.54 Å². The Morgan fingerprint density at radius 2 is 1.94 bits per heavy atom. The van der Waals surface area contributed by atoms with E-state index in [1.807, 2.05) is 0 Å². The van der Waals surface area contributed by atoms with E-state index in [9.17, 15) is 0 Å². The molecule has 1 nitrogen and oxygen atoms in total. The lowest BCUT2D eigenvalue weighted by atomic mass is 9.75. The van der Waals surface area contributed by atoms with Crippen molar-refractivity contribution < 1.29 is 0 Å². The molecule has 0 radical (unpaired) electrons. The van der Waals surface area contributed by atoms with E-state index in [4.69, 9.17) is 0 Å². The van der Waals surface area contributed by atoms with Gasteiger partial charge in [0.05, 0.1) is 0 Å². The summed E-state index contributed by atoms with van der Waals surface area (Å²) in [7, 11) is 0. The van der Waals surface area contributed by atoms with Crippen LogP contribution in [0.3, 0.4) is 0 Å². The Bertz CT molecular complexity index is 366. The van der Waals surface area contributed by atoms with Gasteiger partial charge in [0.25, 0.3) is 0 Å². The molecular weight excluding hydrogens is 206 g/mol. The van der Waals surface area contributed by atoms with Crippen molar-refractivity contribution in [3.05, 3.63) is 35.4 Å². The first-order valence-electron chi connectivity index (χ1n) is 6.91. The van der Waals surface area contributed by atoms with Crippen LogP contribution in [-0.4, -0.2) is 12.6 Å². The van der Waals surface area contributed by atoms with E-state index in [1.165, 1.54) is 24.0 Å². The Kier molecular flexibility index (Phi) is 3.58. The van der Waals surface area contributed by atoms with Gasteiger partial charge in [-0.05, 0) is 36.4 Å². The molecule has 0 amide bonds. The number of hydrogen-bond donors (Lipinski definition) is 1. The van der Waals surface area contributed by atoms with Crippen LogP contribution < -0.4 is 5.32 Å². The summed E-state index contributed by atoms with van der Waals surface area (Å²) in [5.41, 5.74) is 3.26. The molecule has 1 saturated heterocycles. The van der Waals surface area contributed by atoms with E-state index in [2.05, 4.69) is 57.3 Å². The molecule has 2 atom stereocenters. The highest BCUT2D eigenvalue weighted by molar-refractivity contribution is 5.32. The third kappa shape index (κ3) is 2.26. The zero-order valence-corrected chi connectivity index (χ0v) is 11.6. The fraction of sp³-hybridized carbons (Fsp3) is 0.625. The maximum absolute atomic E-state index is 3.63. The zero-order chi connectivity index (χ0) is 12.5. The molecule has 0 aromatic heterocycles. The summed E-state index contributed by atoms with van der Waals surface area (Å²) in [5, 5.41) is 3.63. The van der Waals surface area contributed by atoms with Crippen molar-refractivity contribution in [2.24, 2.45) is 0 Å². The summed E-state index contributed by atoms with van der Waals surface area (Å²) in [6.45, 7) is 10.3. The van der Waals surface area contributed by atoms with Gasteiger partial charge in [0.2, 0.25) is 0 Å². The van der Waals surface area contributed by atoms with Crippen molar-refractivity contribution in [3.8, 4) is 0 Å². The molecule has 1 aliphatic heterocycles. The molecule has 1 aromatic rings. The lowest BCUT2D eigenvalue weighted by Gasteiger charge is -2.31. The van der Waals surface area contributed by atoms with Gasteiger partial charge in [-0.25, -0.2) is 0 Å². The second-order valence-electron chi connectivity index (χ2n) is 5.86. The number of rotatable bonds is 3. The van der Waals surface area contributed by atoms with Crippen LogP contribution in [0.1, 0.15) is 57.6 Å². The van der Waals surface area contributed by atoms with Crippen LogP contribution in [0.2, 0.25) is 0 Å². The van der Waals surface area contributed by atoms with Gasteiger partial charge in [0.15, 0.2) is 0 Å². The van der Waals surface area contributed by atoms with E-state index < -0.39 is 0 Å². The van der Waals surface area contributed by atoms with Gasteiger partial charge in [0.1, 0.15) is 0 Å². The molecule has 17 heavy (non-hydrogen) atoms. The van der Waals surface area contributed by atoms with Crippen molar-refractivity contribution in [3.63, 3.8) is 0 Å². The smallest absolute Gasteiger partial charge is 0.0159 e. The molecule has 0 bridgehead atoms. The fourth-order valence-corrected chi connectivity index (χ4v) is 3.09. The third-order valence-corrected chi connectivity index (χ3v) is 4.45. The predicted octanol–water partition coefficient (Wildman–Crippen LogP) is 3.84. The van der Waals surface area contributed by atoms with Crippen molar-refractivity contribution in [1.82, 2.24) is 5.32 Å². The Morgan fingerprint density at radius 1 is 1.29 bits per heavy atom. The normalized spacial score (nSPS) is 28.9. The van der Waals surface area contributed by atoms with E-state index in [-0.39, 0.29) is 0 Å². The highest BCUT2D eigenvalue weighted by atomic mass is 15.0. The van der Waals surface area contributed by atoms with E-state index >= 15 is 0 Å². The van der Waals surface area contributed by atoms with Crippen LogP contribution in [0.15, 0.2) is 24.3 Å². The minimum absolute atomic E-state index is 0.324. The summed E-state index contributed by atoms with van der Waals surface area (Å²) in [5.74, 6) is 0.625. The second kappa shape index (κ2) is 4.81. The summed E-state index contributed by atoms with van der Waals surface area (Å²) >= 11 is 0. The molecule has 1 N–H and O–H groups in total. The first kappa shape index (κ1) is 12.6. The first-order chi connectivity index (χ1) is 8.08. The topological polar surface area (TPSA) is 12.0 Å². The van der Waals surface area contributed by atoms with Crippen molar-refractivity contribution in [2.45, 2.75) is 57.9 Å². The fourth-order valence-electron chi connectivity index (χ4n) is 3.09. The zero-order valence-electron chi connectivity index (χ0n) is 11.6. The van der Waals surface area contributed by atoms with Gasteiger partial charge < -0.3 is 5.32 Å². The molecule has 94 valence electrons. The SMILES string of the molecule is CCC1NCCC1(C)c1ccc(C(C)C)cc1. The Hall–Kier alpha value is -0.820. The van der Waals surface area contributed by atoms with Gasteiger partial charge in [-0.15, -0.1) is 0 Å². The molecule has 0 saturated carbocycles. The largest absolute Gasteiger partial charge is 0.313 e. The van der Waals surface area contributed by atoms with Gasteiger partial charge in [-0.2, -0.15) is 0 Å². The van der Waals surface area contributed by atoms with Crippen LogP contribution in [0.4, 0.5) is 0 Å². The van der Waals surface area contributed by atoms with Gasteiger partial charge >= 0.3 is 0 Å². The monoisotopic (exact) mass is 231 g/mol. The maximum Gasteiger partial charge on any atom is 0.0159 e. The molecule has 1 aliphatic rings. The standard InChI is InChI=1S/C16H25N/c1-5-15-16(4,10-11-17-15)14-8-6-13(7-9-14)12(2)3/h6-9,12,15,17H,5,10-11H2,1-4H3. The van der Waals surface area contributed by atoms with Crippen LogP contribution >= 0.6 is 0 Å². The Morgan fingerprint density at radius 3 is 2.47 bits per heavy atom. The van der Waals surface area contributed by atoms with Gasteiger partial charge in [-0.3, -0.25) is 0 Å². The summed E-state index contributed by atoms with van der Waals surface area (Å²) in [6.07, 6.45) is 2.47. The molecule has 2 unspecified atom stereocenters. The van der Waals surface area contributed by atoms with E-state index in [0.29, 0.717) is 17.4 Å². The third-order valence-electron chi connectivity index (χ3n) is 4.45. The second-order valence-corrected chi connectivity index (χ2v) is 5.86. The predicted molar refractivity (Wildman–Crippen MR) is 74.6 cm³/mol. The van der Waals surface area contributed by atoms with Gasteiger partial charge in [0, 0.05) is 11.5 Å². The maximum atomic E-state index is 3.63. The molecule has 2 rings (SSSR count). The number of hydrogen-bond acceptors (Lipinski definition) is 1. The highest BCUT2D eigenvalue weighted by Crippen LogP contribution is 2.36. The molecule has 1 heterocycles. The lowest BCUT2D eigenvalue weighted by molar-refractivity contribution is 0.392. The molecular formula is C16H25N. The lowest BCUT2D eigenvalue weighted by Crippen LogP contribution is -2.37. The summed E-state index contributed by atoms with van der Waals surface area (Å²) in [4.78, 5) is 0.